The van der Waals surface area contributed by atoms with Crippen LogP contribution in [0, 0.1) is 13.8 Å². The molecule has 4 rings (SSSR count). The van der Waals surface area contributed by atoms with E-state index in [0.29, 0.717) is 43.7 Å². The molecule has 0 spiro atoms. The number of aromatic nitrogens is 3. The van der Waals surface area contributed by atoms with E-state index in [0.717, 1.165) is 11.3 Å². The minimum absolute atomic E-state index is 0.0889. The minimum atomic E-state index is -0.0889. The number of aryl methyl sites for hydroxylation is 2. The maximum atomic E-state index is 12.4. The highest BCUT2D eigenvalue weighted by atomic mass is 16.3. The summed E-state index contributed by atoms with van der Waals surface area (Å²) in [6, 6.07) is 9.63. The molecular weight excluding hydrogens is 356 g/mol. The molecule has 0 atom stereocenters. The number of benzene rings is 1. The Morgan fingerprint density at radius 1 is 1.14 bits per heavy atom. The second-order valence-electron chi connectivity index (χ2n) is 6.84. The van der Waals surface area contributed by atoms with Crippen molar-refractivity contribution in [1.29, 1.82) is 0 Å². The van der Waals surface area contributed by atoms with Gasteiger partial charge in [0.05, 0.1) is 12.5 Å². The molecule has 28 heavy (non-hydrogen) atoms. The summed E-state index contributed by atoms with van der Waals surface area (Å²) >= 11 is 0. The van der Waals surface area contributed by atoms with E-state index in [1.54, 1.807) is 23.2 Å². The van der Waals surface area contributed by atoms with Crippen molar-refractivity contribution in [2.75, 3.05) is 36.4 Å². The average Bonchev–Trinajstić information content (AvgIpc) is 3.25. The lowest BCUT2D eigenvalue weighted by Crippen LogP contribution is -2.49. The third-order valence-electron chi connectivity index (χ3n) is 4.79. The predicted molar refractivity (Wildman–Crippen MR) is 106 cm³/mol. The number of furan rings is 1. The molecule has 0 radical (unpaired) electrons. The topological polar surface area (TPSA) is 87.4 Å². The molecule has 1 aromatic carbocycles. The molecule has 3 aromatic rings. The van der Waals surface area contributed by atoms with Crippen molar-refractivity contribution in [2.24, 2.45) is 0 Å². The summed E-state index contributed by atoms with van der Waals surface area (Å²) < 4.78 is 5.20. The van der Waals surface area contributed by atoms with Crippen LogP contribution in [0.2, 0.25) is 0 Å². The summed E-state index contributed by atoms with van der Waals surface area (Å²) in [6.45, 7) is 6.54. The van der Waals surface area contributed by atoms with Gasteiger partial charge in [0.15, 0.2) is 11.6 Å². The van der Waals surface area contributed by atoms with Gasteiger partial charge in [0.1, 0.15) is 0 Å². The number of nitrogens with one attached hydrogen (secondary N) is 1. The first-order valence-electron chi connectivity index (χ1n) is 9.22. The zero-order valence-corrected chi connectivity index (χ0v) is 15.9. The summed E-state index contributed by atoms with van der Waals surface area (Å²) in [5.41, 5.74) is 3.31. The SMILES string of the molecule is Cc1ccc(C)c(Nc2cnnc(N3CCN(C(=O)c4ccco4)CC3)n2)c1. The van der Waals surface area contributed by atoms with Gasteiger partial charge in [0, 0.05) is 31.9 Å². The van der Waals surface area contributed by atoms with Gasteiger partial charge in [-0.1, -0.05) is 12.1 Å². The Labute approximate surface area is 163 Å². The van der Waals surface area contributed by atoms with Crippen LogP contribution in [0.1, 0.15) is 21.7 Å². The van der Waals surface area contributed by atoms with E-state index in [1.165, 1.54) is 11.8 Å². The molecule has 8 heteroatoms. The fourth-order valence-corrected chi connectivity index (χ4v) is 3.16. The molecule has 1 N–H and O–H groups in total. The predicted octanol–water partition coefficient (Wildman–Crippen LogP) is 2.79. The van der Waals surface area contributed by atoms with E-state index in [2.05, 4.69) is 45.6 Å². The van der Waals surface area contributed by atoms with Gasteiger partial charge in [0.25, 0.3) is 5.91 Å². The van der Waals surface area contributed by atoms with E-state index in [9.17, 15) is 4.79 Å². The molecular formula is C20H22N6O2. The molecule has 2 aromatic heterocycles. The highest BCUT2D eigenvalue weighted by molar-refractivity contribution is 5.91. The molecule has 0 saturated carbocycles. The highest BCUT2D eigenvalue weighted by Crippen LogP contribution is 2.21. The highest BCUT2D eigenvalue weighted by Gasteiger charge is 2.25. The molecule has 1 fully saturated rings. The van der Waals surface area contributed by atoms with Crippen molar-refractivity contribution in [1.82, 2.24) is 20.1 Å². The van der Waals surface area contributed by atoms with Gasteiger partial charge in [-0.2, -0.15) is 10.1 Å². The summed E-state index contributed by atoms with van der Waals surface area (Å²) in [7, 11) is 0. The number of anilines is 3. The fraction of sp³-hybridized carbons (Fsp3) is 0.300. The molecule has 144 valence electrons. The Bertz CT molecular complexity index is 965. The van der Waals surface area contributed by atoms with E-state index >= 15 is 0 Å². The average molecular weight is 378 g/mol. The quantitative estimate of drug-likeness (QED) is 0.747. The fourth-order valence-electron chi connectivity index (χ4n) is 3.16. The molecule has 1 aliphatic heterocycles. The molecule has 0 aliphatic carbocycles. The van der Waals surface area contributed by atoms with Crippen molar-refractivity contribution >= 4 is 23.4 Å². The maximum Gasteiger partial charge on any atom is 0.289 e. The van der Waals surface area contributed by atoms with Crippen LogP contribution in [0.15, 0.2) is 47.2 Å². The Morgan fingerprint density at radius 3 is 2.71 bits per heavy atom. The van der Waals surface area contributed by atoms with Gasteiger partial charge in [-0.15, -0.1) is 5.10 Å². The zero-order chi connectivity index (χ0) is 19.5. The Kier molecular flexibility index (Phi) is 4.92. The number of carbonyl (C=O) groups is 1. The summed E-state index contributed by atoms with van der Waals surface area (Å²) in [6.07, 6.45) is 3.12. The maximum absolute atomic E-state index is 12.4. The van der Waals surface area contributed by atoms with Crippen molar-refractivity contribution in [2.45, 2.75) is 13.8 Å². The van der Waals surface area contributed by atoms with Crippen LogP contribution in [-0.4, -0.2) is 52.2 Å². The standard InChI is InChI=1S/C20H22N6O2/c1-14-5-6-15(2)16(12-14)22-18-13-21-24-20(23-18)26-9-7-25(8-10-26)19(27)17-4-3-11-28-17/h3-6,11-13H,7-10H2,1-2H3,(H,22,23,24). The van der Waals surface area contributed by atoms with Crippen LogP contribution in [-0.2, 0) is 0 Å². The van der Waals surface area contributed by atoms with Crippen molar-refractivity contribution in [3.8, 4) is 0 Å². The monoisotopic (exact) mass is 378 g/mol. The Hall–Kier alpha value is -3.42. The first kappa shape index (κ1) is 18.0. The molecule has 0 bridgehead atoms. The zero-order valence-electron chi connectivity index (χ0n) is 15.9. The third kappa shape index (κ3) is 3.80. The van der Waals surface area contributed by atoms with Crippen LogP contribution in [0.3, 0.4) is 0 Å². The number of hydrogen-bond acceptors (Lipinski definition) is 7. The van der Waals surface area contributed by atoms with E-state index in [1.807, 2.05) is 11.8 Å². The number of rotatable bonds is 4. The number of amides is 1. The first-order valence-corrected chi connectivity index (χ1v) is 9.22. The summed E-state index contributed by atoms with van der Waals surface area (Å²) in [4.78, 5) is 20.8. The van der Waals surface area contributed by atoms with E-state index < -0.39 is 0 Å². The lowest BCUT2D eigenvalue weighted by Gasteiger charge is -2.34. The summed E-state index contributed by atoms with van der Waals surface area (Å²) in [5, 5.41) is 11.6. The largest absolute Gasteiger partial charge is 0.459 e. The van der Waals surface area contributed by atoms with Gasteiger partial charge in [0.2, 0.25) is 5.95 Å². The number of carbonyl (C=O) groups excluding carboxylic acids is 1. The Balaban J connectivity index is 1.42. The number of piperazine rings is 1. The lowest BCUT2D eigenvalue weighted by atomic mass is 10.1. The molecule has 1 amide bonds. The van der Waals surface area contributed by atoms with E-state index in [4.69, 9.17) is 4.42 Å². The van der Waals surface area contributed by atoms with Crippen LogP contribution < -0.4 is 10.2 Å². The van der Waals surface area contributed by atoms with Crippen LogP contribution >= 0.6 is 0 Å². The smallest absolute Gasteiger partial charge is 0.289 e. The van der Waals surface area contributed by atoms with Crippen molar-refractivity contribution < 1.29 is 9.21 Å². The minimum Gasteiger partial charge on any atom is -0.459 e. The normalized spacial score (nSPS) is 14.2. The van der Waals surface area contributed by atoms with Crippen molar-refractivity contribution in [3.63, 3.8) is 0 Å². The van der Waals surface area contributed by atoms with Gasteiger partial charge in [-0.25, -0.2) is 0 Å². The van der Waals surface area contributed by atoms with Gasteiger partial charge >= 0.3 is 0 Å². The first-order chi connectivity index (χ1) is 13.6. The van der Waals surface area contributed by atoms with E-state index in [-0.39, 0.29) is 5.91 Å². The van der Waals surface area contributed by atoms with Gasteiger partial charge in [-0.05, 0) is 43.2 Å². The molecule has 1 aliphatic rings. The molecule has 1 saturated heterocycles. The van der Waals surface area contributed by atoms with Crippen LogP contribution in [0.5, 0.6) is 0 Å². The third-order valence-corrected chi connectivity index (χ3v) is 4.79. The van der Waals surface area contributed by atoms with Crippen molar-refractivity contribution in [3.05, 3.63) is 59.7 Å². The van der Waals surface area contributed by atoms with Crippen LogP contribution in [0.4, 0.5) is 17.5 Å². The Morgan fingerprint density at radius 2 is 1.96 bits per heavy atom. The second kappa shape index (κ2) is 7.67. The molecule has 8 nitrogen and oxygen atoms in total. The number of nitrogens with zero attached hydrogens (tertiary/aromatic N) is 5. The van der Waals surface area contributed by atoms with Crippen LogP contribution in [0.25, 0.3) is 0 Å². The number of hydrogen-bond donors (Lipinski definition) is 1. The van der Waals surface area contributed by atoms with Gasteiger partial charge in [-0.3, -0.25) is 4.79 Å². The molecule has 0 unspecified atom stereocenters. The lowest BCUT2D eigenvalue weighted by molar-refractivity contribution is 0.0714. The molecule has 3 heterocycles. The van der Waals surface area contributed by atoms with Gasteiger partial charge < -0.3 is 19.5 Å². The second-order valence-corrected chi connectivity index (χ2v) is 6.84. The summed E-state index contributed by atoms with van der Waals surface area (Å²) in [5.74, 6) is 1.48.